The molecule has 4 aliphatic rings. The van der Waals surface area contributed by atoms with E-state index >= 15 is 13.2 Å². The molecule has 0 N–H and O–H groups in total. The van der Waals surface area contributed by atoms with Crippen molar-refractivity contribution in [3.63, 3.8) is 0 Å². The maximum absolute atomic E-state index is 15.5. The van der Waals surface area contributed by atoms with Crippen molar-refractivity contribution in [1.82, 2.24) is 0 Å². The summed E-state index contributed by atoms with van der Waals surface area (Å²) in [5, 5.41) is 2.05. The molecule has 8 aromatic carbocycles. The van der Waals surface area contributed by atoms with Crippen LogP contribution in [0.5, 0.6) is 0 Å². The minimum absolute atomic E-state index is 0.420. The Morgan fingerprint density at radius 1 is 0.492 bits per heavy atom. The molecule has 6 nitrogen and oxygen atoms in total. The monoisotopic (exact) mass is 855 g/mol. The summed E-state index contributed by atoms with van der Waals surface area (Å²) in [6.07, 6.45) is -4.60. The number of hydrogen-bond acceptors (Lipinski definition) is 6. The quantitative estimate of drug-likeness (QED) is 0.160. The average molecular weight is 856 g/mol. The molecule has 0 spiro atoms. The van der Waals surface area contributed by atoms with E-state index < -0.39 is 29.8 Å². The molecule has 0 fully saturated rings. The van der Waals surface area contributed by atoms with Crippen LogP contribution in [0, 0.1) is 0 Å². The first kappa shape index (κ1) is 37.9. The molecule has 9 aromatic rings. The van der Waals surface area contributed by atoms with Gasteiger partial charge in [-0.15, -0.1) is 0 Å². The minimum Gasteiger partial charge on any atom is -0.454 e. The number of nitrogens with zero attached hydrogens (tertiary/aromatic N) is 5. The van der Waals surface area contributed by atoms with E-state index in [0.717, 1.165) is 89.5 Å². The Balaban J connectivity index is 1.16. The van der Waals surface area contributed by atoms with E-state index in [9.17, 15) is 0 Å². The first-order valence-corrected chi connectivity index (χ1v) is 22.1. The largest absolute Gasteiger partial charge is 0.454 e. The van der Waals surface area contributed by atoms with Gasteiger partial charge < -0.3 is 28.9 Å². The SMILES string of the molecule is CC1(C)N(c2ccccc2)c2cccc3c2N1c1cc(C(F)(F)F)cc2c1B3c1cc(N(c3ccccc3)c3cccc4c3oc3ccccc34)cc3c1N2C(C)(C)N3c1ccccc1. The summed E-state index contributed by atoms with van der Waals surface area (Å²) in [6, 6.07) is 58.8. The second-order valence-corrected chi connectivity index (χ2v) is 18.4. The fraction of sp³-hybridized carbons (Fsp3) is 0.127. The minimum atomic E-state index is -4.60. The van der Waals surface area contributed by atoms with Crippen LogP contribution in [0.1, 0.15) is 33.3 Å². The van der Waals surface area contributed by atoms with Crippen LogP contribution in [-0.4, -0.2) is 18.0 Å². The highest BCUT2D eigenvalue weighted by Crippen LogP contribution is 2.59. The zero-order chi connectivity index (χ0) is 44.1. The van der Waals surface area contributed by atoms with Crippen LogP contribution in [0.2, 0.25) is 0 Å². The molecule has 13 rings (SSSR count). The molecule has 316 valence electrons. The first-order valence-electron chi connectivity index (χ1n) is 22.1. The number of rotatable bonds is 5. The van der Waals surface area contributed by atoms with Crippen molar-refractivity contribution >= 4 is 108 Å². The molecule has 10 heteroatoms. The Labute approximate surface area is 375 Å². The molecule has 0 aliphatic carbocycles. The predicted octanol–water partition coefficient (Wildman–Crippen LogP) is 13.3. The van der Waals surface area contributed by atoms with Crippen molar-refractivity contribution in [3.8, 4) is 0 Å². The van der Waals surface area contributed by atoms with E-state index in [1.807, 2.05) is 72.8 Å². The highest BCUT2D eigenvalue weighted by atomic mass is 19.4. The number of para-hydroxylation sites is 6. The third-order valence-electron chi connectivity index (χ3n) is 14.0. The Bertz CT molecular complexity index is 3410. The maximum atomic E-state index is 15.5. The van der Waals surface area contributed by atoms with Crippen LogP contribution in [0.4, 0.5) is 75.7 Å². The van der Waals surface area contributed by atoms with Crippen LogP contribution in [0.25, 0.3) is 21.9 Å². The lowest BCUT2D eigenvalue weighted by atomic mass is 9.33. The average Bonchev–Trinajstić information content (AvgIpc) is 3.89. The van der Waals surface area contributed by atoms with Gasteiger partial charge in [0.05, 0.1) is 34.0 Å². The van der Waals surface area contributed by atoms with E-state index in [1.165, 1.54) is 12.1 Å². The van der Waals surface area contributed by atoms with Crippen molar-refractivity contribution < 1.29 is 17.6 Å². The molecule has 0 saturated carbocycles. The van der Waals surface area contributed by atoms with Crippen LogP contribution in [0.3, 0.4) is 0 Å². The molecule has 0 bridgehead atoms. The normalized spacial score (nSPS) is 16.0. The van der Waals surface area contributed by atoms with Gasteiger partial charge >= 0.3 is 6.18 Å². The first-order chi connectivity index (χ1) is 31.4. The lowest BCUT2D eigenvalue weighted by Crippen LogP contribution is -2.65. The number of hydrogen-bond donors (Lipinski definition) is 0. The van der Waals surface area contributed by atoms with Gasteiger partial charge in [-0.25, -0.2) is 0 Å². The summed E-state index contributed by atoms with van der Waals surface area (Å²) in [5.41, 5.74) is 11.5. The topological polar surface area (TPSA) is 29.3 Å². The van der Waals surface area contributed by atoms with E-state index in [1.54, 1.807) is 0 Å². The Hall–Kier alpha value is -7.59. The molecule has 0 amide bonds. The van der Waals surface area contributed by atoms with E-state index in [2.05, 4.69) is 143 Å². The summed E-state index contributed by atoms with van der Waals surface area (Å²) in [5.74, 6) is 0. The second-order valence-electron chi connectivity index (χ2n) is 18.4. The summed E-state index contributed by atoms with van der Waals surface area (Å²) in [4.78, 5) is 11.2. The van der Waals surface area contributed by atoms with Gasteiger partial charge in [0.25, 0.3) is 6.71 Å². The number of halogens is 3. The summed E-state index contributed by atoms with van der Waals surface area (Å²) in [6.45, 7) is 8.03. The highest BCUT2D eigenvalue weighted by molar-refractivity contribution is 7.00. The molecule has 5 heterocycles. The Morgan fingerprint density at radius 2 is 1.05 bits per heavy atom. The number of alkyl halides is 3. The third-order valence-corrected chi connectivity index (χ3v) is 14.0. The van der Waals surface area contributed by atoms with Crippen LogP contribution in [-0.2, 0) is 6.18 Å². The zero-order valence-electron chi connectivity index (χ0n) is 36.1. The smallest absolute Gasteiger partial charge is 0.416 e. The fourth-order valence-corrected chi connectivity index (χ4v) is 11.7. The maximum Gasteiger partial charge on any atom is 0.416 e. The van der Waals surface area contributed by atoms with Crippen LogP contribution >= 0.6 is 0 Å². The van der Waals surface area contributed by atoms with E-state index in [4.69, 9.17) is 4.42 Å². The van der Waals surface area contributed by atoms with Crippen LogP contribution in [0.15, 0.2) is 180 Å². The summed E-state index contributed by atoms with van der Waals surface area (Å²) >= 11 is 0. The lowest BCUT2D eigenvalue weighted by molar-refractivity contribution is -0.137. The van der Waals surface area contributed by atoms with Gasteiger partial charge in [-0.1, -0.05) is 97.1 Å². The van der Waals surface area contributed by atoms with Crippen LogP contribution < -0.4 is 40.9 Å². The van der Waals surface area contributed by atoms with Gasteiger partial charge in [0.2, 0.25) is 0 Å². The van der Waals surface area contributed by atoms with Crippen molar-refractivity contribution in [1.29, 1.82) is 0 Å². The molecule has 4 aliphatic heterocycles. The van der Waals surface area contributed by atoms with Gasteiger partial charge in [0.1, 0.15) is 16.9 Å². The van der Waals surface area contributed by atoms with Crippen molar-refractivity contribution in [3.05, 3.63) is 181 Å². The number of anilines is 11. The predicted molar refractivity (Wildman–Crippen MR) is 261 cm³/mol. The van der Waals surface area contributed by atoms with Gasteiger partial charge in [0.15, 0.2) is 5.58 Å². The molecular weight excluding hydrogens is 814 g/mol. The standard InChI is InChI=1S/C55H41BF3N5O/c1-53(2)61(36-20-10-6-11-21-36)43-27-17-26-41-50(43)63(53)45-30-34(55(57,58)59)31-46-49(45)56(41)42-32-38(33-47-51(42)64(46)54(3,4)62(47)37-22-12-7-13-23-37)60(35-18-8-5-9-19-35)44-28-16-25-40-39-24-14-15-29-48(39)65-52(40)44/h5-33H,1-4H3. The molecule has 1 aromatic heterocycles. The second kappa shape index (κ2) is 13.0. The van der Waals surface area contributed by atoms with Gasteiger partial charge in [-0.3, -0.25) is 0 Å². The molecule has 0 unspecified atom stereocenters. The van der Waals surface area contributed by atoms with Crippen molar-refractivity contribution in [2.75, 3.05) is 24.5 Å². The lowest BCUT2D eigenvalue weighted by Gasteiger charge is -2.49. The highest BCUT2D eigenvalue weighted by Gasteiger charge is 2.57. The Kier molecular flexibility index (Phi) is 7.59. The number of benzene rings is 8. The fourth-order valence-electron chi connectivity index (χ4n) is 11.7. The van der Waals surface area contributed by atoms with E-state index in [-0.39, 0.29) is 0 Å². The molecule has 0 atom stereocenters. The van der Waals surface area contributed by atoms with Gasteiger partial charge in [-0.2, -0.15) is 13.2 Å². The zero-order valence-corrected chi connectivity index (χ0v) is 36.1. The Morgan fingerprint density at radius 3 is 1.69 bits per heavy atom. The molecule has 0 saturated heterocycles. The molecule has 65 heavy (non-hydrogen) atoms. The number of fused-ring (bicyclic) bond motifs is 7. The van der Waals surface area contributed by atoms with Gasteiger partial charge in [-0.05, 0) is 123 Å². The van der Waals surface area contributed by atoms with Crippen molar-refractivity contribution in [2.24, 2.45) is 0 Å². The summed E-state index contributed by atoms with van der Waals surface area (Å²) < 4.78 is 53.3. The third kappa shape index (κ3) is 5.08. The number of furan rings is 1. The van der Waals surface area contributed by atoms with E-state index in [0.29, 0.717) is 11.4 Å². The van der Waals surface area contributed by atoms with Crippen molar-refractivity contribution in [2.45, 2.75) is 45.2 Å². The summed E-state index contributed by atoms with van der Waals surface area (Å²) in [7, 11) is 0. The molecule has 0 radical (unpaired) electrons. The molecular formula is C55H41BF3N5O. The van der Waals surface area contributed by atoms with Gasteiger partial charge in [0, 0.05) is 44.9 Å².